The average molecular weight is 433 g/mol. The van der Waals surface area contributed by atoms with E-state index < -0.39 is 0 Å². The zero-order valence-corrected chi connectivity index (χ0v) is 20.9. The minimum atomic E-state index is -0.268. The van der Waals surface area contributed by atoms with E-state index in [9.17, 15) is 9.90 Å². The number of methoxy groups -OCH3 is 1. The monoisotopic (exact) mass is 432 g/mol. The van der Waals surface area contributed by atoms with Gasteiger partial charge in [0.1, 0.15) is 6.10 Å². The molecule has 0 aromatic carbocycles. The quantitative estimate of drug-likeness (QED) is 0.151. The second kappa shape index (κ2) is 15.8. The molecule has 0 aromatic heterocycles. The summed E-state index contributed by atoms with van der Waals surface area (Å²) < 4.78 is 11.6. The van der Waals surface area contributed by atoms with Gasteiger partial charge in [0.2, 0.25) is 0 Å². The summed E-state index contributed by atoms with van der Waals surface area (Å²) in [6.45, 7) is 18.0. The van der Waals surface area contributed by atoms with Crippen molar-refractivity contribution in [2.75, 3.05) is 13.7 Å². The molecule has 0 aliphatic carbocycles. The molecule has 0 saturated heterocycles. The van der Waals surface area contributed by atoms with Crippen LogP contribution in [0.25, 0.3) is 0 Å². The lowest BCUT2D eigenvalue weighted by Gasteiger charge is -2.24. The lowest BCUT2D eigenvalue weighted by Crippen LogP contribution is -2.24. The smallest absolute Gasteiger partial charge is 0.334 e. The molecule has 4 heteroatoms. The standard InChI is InChI=1S/C27H44O4/c1-10-13-23(11-2)27(29)31-25(19(4)5)15-14-20(6)16-22(8)26(30-9)24(12-3)17-21(7)18-28/h10,13-14,16-17,19,24-26,28H,1,11-12,15,18H2,2-9H3/b20-14+,21-17-,22-16+,23-13+/t24-,25-,26-/m0/s1. The van der Waals surface area contributed by atoms with Gasteiger partial charge in [-0.05, 0) is 45.1 Å². The predicted molar refractivity (Wildman–Crippen MR) is 131 cm³/mol. The molecule has 0 unspecified atom stereocenters. The largest absolute Gasteiger partial charge is 0.458 e. The van der Waals surface area contributed by atoms with Crippen LogP contribution in [0.3, 0.4) is 0 Å². The Morgan fingerprint density at radius 1 is 1.16 bits per heavy atom. The molecule has 0 aliphatic rings. The zero-order chi connectivity index (χ0) is 24.0. The summed E-state index contributed by atoms with van der Waals surface area (Å²) in [5.74, 6) is 0.146. The Morgan fingerprint density at radius 3 is 2.26 bits per heavy atom. The van der Waals surface area contributed by atoms with Crippen molar-refractivity contribution in [3.63, 3.8) is 0 Å². The predicted octanol–water partition coefficient (Wildman–Crippen LogP) is 6.34. The lowest BCUT2D eigenvalue weighted by atomic mass is 9.91. The minimum Gasteiger partial charge on any atom is -0.458 e. The third-order valence-corrected chi connectivity index (χ3v) is 5.40. The summed E-state index contributed by atoms with van der Waals surface area (Å²) in [6.07, 6.45) is 11.6. The van der Waals surface area contributed by atoms with Gasteiger partial charge in [0.25, 0.3) is 0 Å². The van der Waals surface area contributed by atoms with Crippen LogP contribution in [0.5, 0.6) is 0 Å². The van der Waals surface area contributed by atoms with E-state index in [4.69, 9.17) is 9.47 Å². The molecule has 0 radical (unpaired) electrons. The number of rotatable bonds is 14. The molecular formula is C27H44O4. The first-order valence-electron chi connectivity index (χ1n) is 11.3. The van der Waals surface area contributed by atoms with Crippen molar-refractivity contribution in [1.29, 1.82) is 0 Å². The summed E-state index contributed by atoms with van der Waals surface area (Å²) in [6, 6.07) is 0. The lowest BCUT2D eigenvalue weighted by molar-refractivity contribution is -0.146. The number of esters is 1. The van der Waals surface area contributed by atoms with E-state index in [-0.39, 0.29) is 36.6 Å². The van der Waals surface area contributed by atoms with Crippen molar-refractivity contribution in [3.05, 3.63) is 59.3 Å². The number of carbonyl (C=O) groups is 1. The number of ether oxygens (including phenoxy) is 2. The molecule has 31 heavy (non-hydrogen) atoms. The molecule has 1 N–H and O–H groups in total. The molecule has 0 spiro atoms. The van der Waals surface area contributed by atoms with E-state index in [1.54, 1.807) is 19.3 Å². The van der Waals surface area contributed by atoms with E-state index in [1.165, 1.54) is 0 Å². The maximum absolute atomic E-state index is 12.4. The fourth-order valence-electron chi connectivity index (χ4n) is 3.48. The van der Waals surface area contributed by atoms with Crippen LogP contribution in [-0.4, -0.2) is 37.0 Å². The summed E-state index contributed by atoms with van der Waals surface area (Å²) in [4.78, 5) is 12.4. The average Bonchev–Trinajstić information content (AvgIpc) is 2.73. The first-order chi connectivity index (χ1) is 14.6. The van der Waals surface area contributed by atoms with Gasteiger partial charge in [-0.25, -0.2) is 4.79 Å². The normalized spacial score (nSPS) is 16.8. The maximum atomic E-state index is 12.4. The second-order valence-electron chi connectivity index (χ2n) is 8.44. The Balaban J connectivity index is 5.42. The van der Waals surface area contributed by atoms with Crippen molar-refractivity contribution in [2.24, 2.45) is 11.8 Å². The number of aliphatic hydroxyl groups excluding tert-OH is 1. The van der Waals surface area contributed by atoms with E-state index in [2.05, 4.69) is 59.4 Å². The maximum Gasteiger partial charge on any atom is 0.334 e. The van der Waals surface area contributed by atoms with Crippen LogP contribution in [0, 0.1) is 11.8 Å². The molecule has 0 amide bonds. The molecule has 4 nitrogen and oxygen atoms in total. The fraction of sp³-hybridized carbons (Fsp3) is 0.593. The third kappa shape index (κ3) is 10.8. The van der Waals surface area contributed by atoms with Gasteiger partial charge in [0.05, 0.1) is 12.7 Å². The molecule has 3 atom stereocenters. The summed E-state index contributed by atoms with van der Waals surface area (Å²) in [5, 5.41) is 9.35. The Labute approximate surface area is 190 Å². The van der Waals surface area contributed by atoms with Crippen LogP contribution in [0.4, 0.5) is 0 Å². The fourth-order valence-corrected chi connectivity index (χ4v) is 3.48. The number of carbonyl (C=O) groups excluding carboxylic acids is 1. The summed E-state index contributed by atoms with van der Waals surface area (Å²) in [5.41, 5.74) is 3.83. The van der Waals surface area contributed by atoms with Crippen LogP contribution < -0.4 is 0 Å². The molecule has 0 heterocycles. The highest BCUT2D eigenvalue weighted by atomic mass is 16.5. The number of allylic oxidation sites excluding steroid dienone is 4. The van der Waals surface area contributed by atoms with E-state index in [1.807, 2.05) is 13.8 Å². The van der Waals surface area contributed by atoms with Gasteiger partial charge in [0.15, 0.2) is 0 Å². The van der Waals surface area contributed by atoms with Crippen molar-refractivity contribution < 1.29 is 19.4 Å². The van der Waals surface area contributed by atoms with Crippen LogP contribution in [0.1, 0.15) is 67.7 Å². The van der Waals surface area contributed by atoms with Gasteiger partial charge < -0.3 is 14.6 Å². The van der Waals surface area contributed by atoms with Gasteiger partial charge in [0, 0.05) is 25.0 Å². The molecule has 0 saturated carbocycles. The second-order valence-corrected chi connectivity index (χ2v) is 8.44. The van der Waals surface area contributed by atoms with Crippen LogP contribution in [0.15, 0.2) is 59.3 Å². The topological polar surface area (TPSA) is 55.8 Å². The van der Waals surface area contributed by atoms with Crippen molar-refractivity contribution in [1.82, 2.24) is 0 Å². The third-order valence-electron chi connectivity index (χ3n) is 5.40. The van der Waals surface area contributed by atoms with Gasteiger partial charge in [-0.3, -0.25) is 0 Å². The molecule has 0 fully saturated rings. The Morgan fingerprint density at radius 2 is 1.81 bits per heavy atom. The molecule has 0 aliphatic heterocycles. The number of hydrogen-bond donors (Lipinski definition) is 1. The molecule has 0 aromatic rings. The highest BCUT2D eigenvalue weighted by Gasteiger charge is 2.21. The van der Waals surface area contributed by atoms with Crippen molar-refractivity contribution >= 4 is 5.97 Å². The molecular weight excluding hydrogens is 388 g/mol. The Kier molecular flexibility index (Phi) is 14.9. The summed E-state index contributed by atoms with van der Waals surface area (Å²) >= 11 is 0. The minimum absolute atomic E-state index is 0.0512. The first kappa shape index (κ1) is 29.1. The van der Waals surface area contributed by atoms with Crippen molar-refractivity contribution in [2.45, 2.75) is 79.9 Å². The molecule has 176 valence electrons. The molecule has 0 rings (SSSR count). The number of aliphatic hydroxyl groups is 1. The van der Waals surface area contributed by atoms with E-state index in [0.29, 0.717) is 18.4 Å². The first-order valence-corrected chi connectivity index (χ1v) is 11.3. The highest BCUT2D eigenvalue weighted by molar-refractivity contribution is 5.88. The van der Waals surface area contributed by atoms with E-state index >= 15 is 0 Å². The van der Waals surface area contributed by atoms with Gasteiger partial charge in [-0.2, -0.15) is 0 Å². The van der Waals surface area contributed by atoms with Crippen LogP contribution in [0.2, 0.25) is 0 Å². The SMILES string of the molecule is C=C/C=C(\CC)C(=O)O[C@@H](C/C=C(C)/C=C(\C)[C@H](OC)[C@H](/C=C(/C)CO)CC)C(C)C. The van der Waals surface area contributed by atoms with Gasteiger partial charge >= 0.3 is 5.97 Å². The Hall–Kier alpha value is -1.91. The van der Waals surface area contributed by atoms with Crippen LogP contribution in [-0.2, 0) is 14.3 Å². The van der Waals surface area contributed by atoms with E-state index in [0.717, 1.165) is 23.1 Å². The van der Waals surface area contributed by atoms with Gasteiger partial charge in [-0.1, -0.05) is 75.8 Å². The Bertz CT molecular complexity index is 679. The van der Waals surface area contributed by atoms with Gasteiger partial charge in [-0.15, -0.1) is 0 Å². The number of hydrogen-bond acceptors (Lipinski definition) is 4. The molecule has 0 bridgehead atoms. The zero-order valence-electron chi connectivity index (χ0n) is 20.9. The summed E-state index contributed by atoms with van der Waals surface area (Å²) in [7, 11) is 1.72. The van der Waals surface area contributed by atoms with Crippen molar-refractivity contribution in [3.8, 4) is 0 Å². The van der Waals surface area contributed by atoms with Crippen LogP contribution >= 0.6 is 0 Å². The highest BCUT2D eigenvalue weighted by Crippen LogP contribution is 2.24.